The summed E-state index contributed by atoms with van der Waals surface area (Å²) in [6, 6.07) is 11.2. The van der Waals surface area contributed by atoms with Gasteiger partial charge in [-0.3, -0.25) is 4.79 Å². The fraction of sp³-hybridized carbons (Fsp3) is 0.350. The molecule has 1 fully saturated rings. The molecule has 0 aromatic heterocycles. The van der Waals surface area contributed by atoms with Crippen molar-refractivity contribution in [2.45, 2.75) is 30.4 Å². The molecule has 0 radical (unpaired) electrons. The van der Waals surface area contributed by atoms with E-state index in [1.807, 2.05) is 0 Å². The predicted octanol–water partition coefficient (Wildman–Crippen LogP) is 3.72. The number of nitrogens with one attached hydrogen (secondary N) is 1. The van der Waals surface area contributed by atoms with Gasteiger partial charge in [0.1, 0.15) is 0 Å². The van der Waals surface area contributed by atoms with Crippen molar-refractivity contribution in [1.29, 1.82) is 0 Å². The quantitative estimate of drug-likeness (QED) is 0.688. The molecule has 0 spiro atoms. The second kappa shape index (κ2) is 9.45. The fourth-order valence-corrected chi connectivity index (χ4v) is 4.60. The van der Waals surface area contributed by atoms with Gasteiger partial charge in [-0.25, -0.2) is 13.1 Å². The van der Waals surface area contributed by atoms with Gasteiger partial charge < -0.3 is 9.64 Å². The maximum absolute atomic E-state index is 12.8. The third-order valence-electron chi connectivity index (χ3n) is 4.70. The molecular weight excluding hydrogens is 435 g/mol. The highest BCUT2D eigenvalue weighted by atomic mass is 35.5. The average Bonchev–Trinajstić information content (AvgIpc) is 3.23. The lowest BCUT2D eigenvalue weighted by atomic mass is 10.1. The van der Waals surface area contributed by atoms with E-state index in [2.05, 4.69) is 4.72 Å². The van der Waals surface area contributed by atoms with E-state index >= 15 is 0 Å². The lowest BCUT2D eigenvalue weighted by molar-refractivity contribution is 0.0785. The summed E-state index contributed by atoms with van der Waals surface area (Å²) in [5, 5.41) is 0.805. The molecular formula is C20H22Cl2N2O4S. The molecule has 156 valence electrons. The van der Waals surface area contributed by atoms with Crippen molar-refractivity contribution in [1.82, 2.24) is 9.62 Å². The Labute approximate surface area is 180 Å². The van der Waals surface area contributed by atoms with Crippen LogP contribution < -0.4 is 4.72 Å². The first-order valence-electron chi connectivity index (χ1n) is 9.17. The molecule has 9 heteroatoms. The third-order valence-corrected chi connectivity index (χ3v) is 6.98. The molecule has 6 nitrogen and oxygen atoms in total. The first-order valence-corrected chi connectivity index (χ1v) is 11.4. The Hall–Kier alpha value is -1.64. The number of amides is 1. The first-order chi connectivity index (χ1) is 13.8. The Kier molecular flexibility index (Phi) is 7.19. The first kappa shape index (κ1) is 22.1. The van der Waals surface area contributed by atoms with Crippen molar-refractivity contribution >= 4 is 39.1 Å². The molecule has 0 aliphatic carbocycles. The van der Waals surface area contributed by atoms with Crippen LogP contribution in [0.5, 0.6) is 0 Å². The van der Waals surface area contributed by atoms with Gasteiger partial charge in [-0.05, 0) is 42.7 Å². The Balaban J connectivity index is 1.72. The molecule has 0 bridgehead atoms. The van der Waals surface area contributed by atoms with E-state index in [1.165, 1.54) is 17.0 Å². The fourth-order valence-electron chi connectivity index (χ4n) is 3.11. The van der Waals surface area contributed by atoms with Crippen molar-refractivity contribution < 1.29 is 17.9 Å². The lowest BCUT2D eigenvalue weighted by Gasteiger charge is -2.19. The summed E-state index contributed by atoms with van der Waals surface area (Å²) in [6.45, 7) is 1.11. The SMILES string of the molecule is CN(Cc1cccc(Cl)c1Cl)C(=O)c1cccc(S(=O)(=O)NCC2CCCO2)c1. The Morgan fingerprint density at radius 2 is 2.00 bits per heavy atom. The van der Waals surface area contributed by atoms with Gasteiger partial charge in [0, 0.05) is 32.3 Å². The summed E-state index contributed by atoms with van der Waals surface area (Å²) in [7, 11) is -2.12. The van der Waals surface area contributed by atoms with E-state index in [-0.39, 0.29) is 35.6 Å². The standard InChI is InChI=1S/C20H22Cl2N2O4S/c1-24(13-15-6-3-9-18(21)19(15)22)20(25)14-5-2-8-17(11-14)29(26,27)23-12-16-7-4-10-28-16/h2-3,5-6,8-9,11,16,23H,4,7,10,12-13H2,1H3. The van der Waals surface area contributed by atoms with Crippen LogP contribution in [0.1, 0.15) is 28.8 Å². The van der Waals surface area contributed by atoms with Crippen LogP contribution in [0, 0.1) is 0 Å². The highest BCUT2D eigenvalue weighted by Gasteiger charge is 2.22. The highest BCUT2D eigenvalue weighted by Crippen LogP contribution is 2.26. The van der Waals surface area contributed by atoms with E-state index in [0.29, 0.717) is 22.2 Å². The van der Waals surface area contributed by atoms with Gasteiger partial charge in [0.2, 0.25) is 10.0 Å². The van der Waals surface area contributed by atoms with Gasteiger partial charge in [-0.15, -0.1) is 0 Å². The van der Waals surface area contributed by atoms with Crippen molar-refractivity contribution in [2.75, 3.05) is 20.2 Å². The van der Waals surface area contributed by atoms with Crippen LogP contribution in [-0.2, 0) is 21.3 Å². The van der Waals surface area contributed by atoms with E-state index in [9.17, 15) is 13.2 Å². The Morgan fingerprint density at radius 3 is 2.72 bits per heavy atom. The molecule has 1 aliphatic rings. The third kappa shape index (κ3) is 5.49. The number of halogens is 2. The van der Waals surface area contributed by atoms with Crippen LogP contribution in [0.15, 0.2) is 47.4 Å². The van der Waals surface area contributed by atoms with Crippen molar-refractivity contribution in [2.24, 2.45) is 0 Å². The predicted molar refractivity (Wildman–Crippen MR) is 113 cm³/mol. The summed E-state index contributed by atoms with van der Waals surface area (Å²) in [6.07, 6.45) is 1.65. The number of ether oxygens (including phenoxy) is 1. The van der Waals surface area contributed by atoms with Crippen molar-refractivity contribution in [3.8, 4) is 0 Å². The van der Waals surface area contributed by atoms with Crippen LogP contribution >= 0.6 is 23.2 Å². The van der Waals surface area contributed by atoms with Crippen molar-refractivity contribution in [3.05, 3.63) is 63.6 Å². The van der Waals surface area contributed by atoms with Gasteiger partial charge in [-0.2, -0.15) is 0 Å². The van der Waals surface area contributed by atoms with Gasteiger partial charge in [-0.1, -0.05) is 41.4 Å². The molecule has 0 saturated carbocycles. The number of rotatable bonds is 7. The molecule has 1 amide bonds. The van der Waals surface area contributed by atoms with Gasteiger partial charge in [0.15, 0.2) is 0 Å². The van der Waals surface area contributed by atoms with Crippen molar-refractivity contribution in [3.63, 3.8) is 0 Å². The van der Waals surface area contributed by atoms with Gasteiger partial charge in [0.05, 0.1) is 21.0 Å². The number of carbonyl (C=O) groups is 1. The zero-order valence-electron chi connectivity index (χ0n) is 15.9. The van der Waals surface area contributed by atoms with Crippen LogP contribution in [0.2, 0.25) is 10.0 Å². The van der Waals surface area contributed by atoms with E-state index in [0.717, 1.165) is 12.8 Å². The van der Waals surface area contributed by atoms with Gasteiger partial charge >= 0.3 is 0 Å². The Bertz CT molecular complexity index is 992. The monoisotopic (exact) mass is 456 g/mol. The highest BCUT2D eigenvalue weighted by molar-refractivity contribution is 7.89. The largest absolute Gasteiger partial charge is 0.377 e. The summed E-state index contributed by atoms with van der Waals surface area (Å²) >= 11 is 12.2. The maximum atomic E-state index is 12.8. The number of carbonyl (C=O) groups excluding carboxylic acids is 1. The van der Waals surface area contributed by atoms with E-state index in [4.69, 9.17) is 27.9 Å². The molecule has 3 rings (SSSR count). The minimum Gasteiger partial charge on any atom is -0.377 e. The molecule has 1 aliphatic heterocycles. The number of sulfonamides is 1. The molecule has 29 heavy (non-hydrogen) atoms. The summed E-state index contributed by atoms with van der Waals surface area (Å²) < 4.78 is 33.2. The Morgan fingerprint density at radius 1 is 1.24 bits per heavy atom. The van der Waals surface area contributed by atoms with Crippen LogP contribution in [0.25, 0.3) is 0 Å². The molecule has 2 aromatic carbocycles. The van der Waals surface area contributed by atoms with Crippen LogP contribution in [-0.4, -0.2) is 45.5 Å². The van der Waals surface area contributed by atoms with Crippen LogP contribution in [0.3, 0.4) is 0 Å². The lowest BCUT2D eigenvalue weighted by Crippen LogP contribution is -2.32. The maximum Gasteiger partial charge on any atom is 0.253 e. The second-order valence-corrected chi connectivity index (χ2v) is 9.44. The minimum atomic E-state index is -3.74. The summed E-state index contributed by atoms with van der Waals surface area (Å²) in [5.74, 6) is -0.322. The average molecular weight is 457 g/mol. The molecule has 1 heterocycles. The van der Waals surface area contributed by atoms with Crippen LogP contribution in [0.4, 0.5) is 0 Å². The second-order valence-electron chi connectivity index (χ2n) is 6.89. The molecule has 1 N–H and O–H groups in total. The molecule has 1 unspecified atom stereocenters. The van der Waals surface area contributed by atoms with E-state index in [1.54, 1.807) is 37.4 Å². The molecule has 1 saturated heterocycles. The van der Waals surface area contributed by atoms with E-state index < -0.39 is 10.0 Å². The topological polar surface area (TPSA) is 75.7 Å². The number of benzene rings is 2. The van der Waals surface area contributed by atoms with Gasteiger partial charge in [0.25, 0.3) is 5.91 Å². The number of nitrogens with zero attached hydrogens (tertiary/aromatic N) is 1. The molecule has 2 aromatic rings. The molecule has 1 atom stereocenters. The smallest absolute Gasteiger partial charge is 0.253 e. The number of hydrogen-bond acceptors (Lipinski definition) is 4. The summed E-state index contributed by atoms with van der Waals surface area (Å²) in [4.78, 5) is 14.3. The minimum absolute atomic E-state index is 0.0375. The zero-order valence-corrected chi connectivity index (χ0v) is 18.2. The normalized spacial score (nSPS) is 16.7. The summed E-state index contributed by atoms with van der Waals surface area (Å²) in [5.41, 5.74) is 0.975. The zero-order chi connectivity index (χ0) is 21.0. The number of hydrogen-bond donors (Lipinski definition) is 1.